The van der Waals surface area contributed by atoms with Crippen LogP contribution in [0.5, 0.6) is 0 Å². The molecule has 0 aromatic heterocycles. The molecule has 134 valence electrons. The molecule has 0 radical (unpaired) electrons. The van der Waals surface area contributed by atoms with Crippen LogP contribution in [0.4, 0.5) is 0 Å². The van der Waals surface area contributed by atoms with Gasteiger partial charge in [0.15, 0.2) is 0 Å². The van der Waals surface area contributed by atoms with Crippen LogP contribution < -0.4 is 16.4 Å². The molecule has 0 aromatic rings. The third-order valence-electron chi connectivity index (χ3n) is 5.03. The minimum atomic E-state index is -0.498. The molecule has 2 amide bonds. The Morgan fingerprint density at radius 1 is 1.13 bits per heavy atom. The van der Waals surface area contributed by atoms with Crippen molar-refractivity contribution in [3.05, 3.63) is 0 Å². The SMILES string of the molecule is CC(NC(=O)C1CC2CCCC(C1)C2N)C(=O)NC(C)(C)C.Cl. The predicted molar refractivity (Wildman–Crippen MR) is 94.3 cm³/mol. The molecule has 6 heteroatoms. The van der Waals surface area contributed by atoms with E-state index in [1.54, 1.807) is 6.92 Å². The molecular weight excluding hydrogens is 314 g/mol. The second kappa shape index (κ2) is 7.84. The van der Waals surface area contributed by atoms with Crippen LogP contribution in [0.25, 0.3) is 0 Å². The fraction of sp³-hybridized carbons (Fsp3) is 0.882. The first kappa shape index (κ1) is 20.2. The number of hydrogen-bond acceptors (Lipinski definition) is 3. The molecule has 0 saturated heterocycles. The number of amides is 2. The lowest BCUT2D eigenvalue weighted by Gasteiger charge is -2.43. The van der Waals surface area contributed by atoms with Crippen LogP contribution in [-0.2, 0) is 9.59 Å². The summed E-state index contributed by atoms with van der Waals surface area (Å²) in [4.78, 5) is 24.6. The van der Waals surface area contributed by atoms with Crippen molar-refractivity contribution >= 4 is 24.2 Å². The Balaban J connectivity index is 0.00000264. The van der Waals surface area contributed by atoms with E-state index < -0.39 is 6.04 Å². The van der Waals surface area contributed by atoms with Crippen LogP contribution in [0.15, 0.2) is 0 Å². The van der Waals surface area contributed by atoms with Gasteiger partial charge in [-0.3, -0.25) is 9.59 Å². The molecule has 3 unspecified atom stereocenters. The third-order valence-corrected chi connectivity index (χ3v) is 5.03. The maximum atomic E-state index is 12.5. The number of halogens is 1. The van der Waals surface area contributed by atoms with Gasteiger partial charge in [0.05, 0.1) is 0 Å². The molecule has 0 heterocycles. The largest absolute Gasteiger partial charge is 0.350 e. The molecule has 23 heavy (non-hydrogen) atoms. The van der Waals surface area contributed by atoms with Crippen molar-refractivity contribution in [2.75, 3.05) is 0 Å². The number of carbonyl (C=O) groups excluding carboxylic acids is 2. The standard InChI is InChI=1S/C17H31N3O2.ClH/c1-10(15(21)20-17(2,3)4)19-16(22)13-8-11-6-5-7-12(9-13)14(11)18;/h10-14H,5-9,18H2,1-4H3,(H,19,22)(H,20,21);1H. The highest BCUT2D eigenvalue weighted by Gasteiger charge is 2.40. The number of fused-ring (bicyclic) bond motifs is 2. The van der Waals surface area contributed by atoms with E-state index >= 15 is 0 Å². The fourth-order valence-electron chi connectivity index (χ4n) is 3.88. The minimum absolute atomic E-state index is 0. The van der Waals surface area contributed by atoms with Gasteiger partial charge in [0.1, 0.15) is 6.04 Å². The molecule has 4 N–H and O–H groups in total. The molecule has 2 aliphatic rings. The van der Waals surface area contributed by atoms with E-state index in [0.717, 1.165) is 25.7 Å². The van der Waals surface area contributed by atoms with Gasteiger partial charge in [-0.25, -0.2) is 0 Å². The van der Waals surface area contributed by atoms with Crippen molar-refractivity contribution in [2.45, 2.75) is 77.4 Å². The van der Waals surface area contributed by atoms with Gasteiger partial charge in [-0.2, -0.15) is 0 Å². The van der Waals surface area contributed by atoms with E-state index in [9.17, 15) is 9.59 Å². The number of nitrogens with one attached hydrogen (secondary N) is 2. The summed E-state index contributed by atoms with van der Waals surface area (Å²) in [5.74, 6) is 0.845. The summed E-state index contributed by atoms with van der Waals surface area (Å²) in [7, 11) is 0. The van der Waals surface area contributed by atoms with Crippen LogP contribution in [0.1, 0.15) is 59.8 Å². The zero-order valence-corrected chi connectivity index (χ0v) is 15.5. The van der Waals surface area contributed by atoms with Crippen molar-refractivity contribution in [1.82, 2.24) is 10.6 Å². The topological polar surface area (TPSA) is 84.2 Å². The average molecular weight is 346 g/mol. The van der Waals surface area contributed by atoms with Gasteiger partial charge >= 0.3 is 0 Å². The summed E-state index contributed by atoms with van der Waals surface area (Å²) < 4.78 is 0. The third kappa shape index (κ3) is 5.35. The van der Waals surface area contributed by atoms with Gasteiger partial charge in [0.2, 0.25) is 11.8 Å². The van der Waals surface area contributed by atoms with Gasteiger partial charge in [-0.05, 0) is 65.2 Å². The molecule has 2 rings (SSSR count). The number of rotatable bonds is 3. The Morgan fingerprint density at radius 3 is 2.13 bits per heavy atom. The first-order chi connectivity index (χ1) is 10.2. The highest BCUT2D eigenvalue weighted by Crippen LogP contribution is 2.41. The lowest BCUT2D eigenvalue weighted by molar-refractivity contribution is -0.133. The van der Waals surface area contributed by atoms with Gasteiger partial charge in [-0.15, -0.1) is 12.4 Å². The van der Waals surface area contributed by atoms with E-state index in [0.29, 0.717) is 11.8 Å². The summed E-state index contributed by atoms with van der Waals surface area (Å²) in [6.45, 7) is 7.55. The maximum absolute atomic E-state index is 12.5. The van der Waals surface area contributed by atoms with Gasteiger partial charge < -0.3 is 16.4 Å². The van der Waals surface area contributed by atoms with E-state index in [1.807, 2.05) is 20.8 Å². The van der Waals surface area contributed by atoms with E-state index in [1.165, 1.54) is 6.42 Å². The van der Waals surface area contributed by atoms with Crippen molar-refractivity contribution in [2.24, 2.45) is 23.5 Å². The summed E-state index contributed by atoms with van der Waals surface area (Å²) in [6, 6.07) is -0.235. The Labute approximate surface area is 145 Å². The number of nitrogens with two attached hydrogens (primary N) is 1. The highest BCUT2D eigenvalue weighted by molar-refractivity contribution is 5.88. The van der Waals surface area contributed by atoms with Crippen molar-refractivity contribution < 1.29 is 9.59 Å². The second-order valence-corrected chi connectivity index (χ2v) is 8.17. The van der Waals surface area contributed by atoms with Crippen molar-refractivity contribution in [1.29, 1.82) is 0 Å². The summed E-state index contributed by atoms with van der Waals surface area (Å²) >= 11 is 0. The van der Waals surface area contributed by atoms with Crippen LogP contribution in [0.3, 0.4) is 0 Å². The fourth-order valence-corrected chi connectivity index (χ4v) is 3.88. The zero-order chi connectivity index (χ0) is 16.5. The molecule has 2 aliphatic carbocycles. The molecular formula is C17H32ClN3O2. The Kier molecular flexibility index (Phi) is 6.90. The summed E-state index contributed by atoms with van der Waals surface area (Å²) in [5, 5.41) is 5.78. The molecule has 3 atom stereocenters. The zero-order valence-electron chi connectivity index (χ0n) is 14.7. The molecule has 0 aromatic carbocycles. The van der Waals surface area contributed by atoms with E-state index in [4.69, 9.17) is 5.73 Å². The molecule has 2 bridgehead atoms. The maximum Gasteiger partial charge on any atom is 0.242 e. The van der Waals surface area contributed by atoms with Crippen LogP contribution in [0, 0.1) is 17.8 Å². The first-order valence-corrected chi connectivity index (χ1v) is 8.55. The predicted octanol–water partition coefficient (Wildman–Crippen LogP) is 1.98. The lowest BCUT2D eigenvalue weighted by Crippen LogP contribution is -2.54. The van der Waals surface area contributed by atoms with Crippen molar-refractivity contribution in [3.63, 3.8) is 0 Å². The average Bonchev–Trinajstić information content (AvgIpc) is 2.35. The Bertz CT molecular complexity index is 422. The van der Waals surface area contributed by atoms with Crippen molar-refractivity contribution in [3.8, 4) is 0 Å². The summed E-state index contributed by atoms with van der Waals surface area (Å²) in [6.07, 6.45) is 5.26. The molecule has 5 nitrogen and oxygen atoms in total. The second-order valence-electron chi connectivity index (χ2n) is 8.17. The molecule has 2 fully saturated rings. The highest BCUT2D eigenvalue weighted by atomic mass is 35.5. The van der Waals surface area contributed by atoms with Gasteiger partial charge in [-0.1, -0.05) is 6.42 Å². The van der Waals surface area contributed by atoms with Crippen LogP contribution >= 0.6 is 12.4 Å². The van der Waals surface area contributed by atoms with E-state index in [2.05, 4.69) is 10.6 Å². The minimum Gasteiger partial charge on any atom is -0.350 e. The normalized spacial score (nSPS) is 31.5. The smallest absolute Gasteiger partial charge is 0.242 e. The van der Waals surface area contributed by atoms with Gasteiger partial charge in [0, 0.05) is 17.5 Å². The van der Waals surface area contributed by atoms with E-state index in [-0.39, 0.29) is 41.7 Å². The van der Waals surface area contributed by atoms with Crippen LogP contribution in [-0.4, -0.2) is 29.4 Å². The first-order valence-electron chi connectivity index (χ1n) is 8.55. The quantitative estimate of drug-likeness (QED) is 0.731. The lowest BCUT2D eigenvalue weighted by atomic mass is 9.65. The Morgan fingerprint density at radius 2 is 1.65 bits per heavy atom. The Hall–Kier alpha value is -0.810. The number of carbonyl (C=O) groups is 2. The molecule has 2 saturated carbocycles. The molecule has 0 aliphatic heterocycles. The number of hydrogen-bond donors (Lipinski definition) is 3. The molecule has 0 spiro atoms. The van der Waals surface area contributed by atoms with Crippen LogP contribution in [0.2, 0.25) is 0 Å². The summed E-state index contributed by atoms with van der Waals surface area (Å²) in [5.41, 5.74) is 5.98. The monoisotopic (exact) mass is 345 g/mol. The van der Waals surface area contributed by atoms with Gasteiger partial charge in [0.25, 0.3) is 0 Å².